The maximum absolute atomic E-state index is 4.55. The van der Waals surface area contributed by atoms with Gasteiger partial charge in [0.15, 0.2) is 5.96 Å². The predicted octanol–water partition coefficient (Wildman–Crippen LogP) is 3.06. The topological polar surface area (TPSA) is 48.7 Å². The van der Waals surface area contributed by atoms with Gasteiger partial charge in [-0.15, -0.1) is 24.0 Å². The van der Waals surface area contributed by atoms with Crippen molar-refractivity contribution >= 4 is 29.9 Å². The van der Waals surface area contributed by atoms with Gasteiger partial charge in [-0.2, -0.15) is 0 Å². The molecule has 2 unspecified atom stereocenters. The van der Waals surface area contributed by atoms with Crippen molar-refractivity contribution in [3.63, 3.8) is 0 Å². The lowest BCUT2D eigenvalue weighted by molar-refractivity contribution is 0.0372. The summed E-state index contributed by atoms with van der Waals surface area (Å²) in [5.74, 6) is 1.78. The molecule has 2 atom stereocenters. The van der Waals surface area contributed by atoms with Crippen molar-refractivity contribution in [2.45, 2.75) is 38.4 Å². The number of hydrogen-bond acceptors (Lipinski definition) is 3. The number of rotatable bonds is 5. The van der Waals surface area contributed by atoms with Gasteiger partial charge in [0.05, 0.1) is 6.33 Å². The highest BCUT2D eigenvalue weighted by atomic mass is 127. The Balaban J connectivity index is 0.00000240. The molecule has 0 spiro atoms. The molecule has 7 heteroatoms. The molecule has 1 aromatic heterocycles. The number of nitrogens with one attached hydrogen (secondary N) is 1. The minimum absolute atomic E-state index is 0. The van der Waals surface area contributed by atoms with Crippen LogP contribution in [0.25, 0.3) is 0 Å². The van der Waals surface area contributed by atoms with Crippen LogP contribution in [0.5, 0.6) is 0 Å². The molecule has 29 heavy (non-hydrogen) atoms. The van der Waals surface area contributed by atoms with Gasteiger partial charge in [0, 0.05) is 58.2 Å². The summed E-state index contributed by atoms with van der Waals surface area (Å²) in [6, 6.07) is 11.6. The van der Waals surface area contributed by atoms with Gasteiger partial charge >= 0.3 is 0 Å². The van der Waals surface area contributed by atoms with E-state index in [-0.39, 0.29) is 24.0 Å². The fourth-order valence-electron chi connectivity index (χ4n) is 4.76. The molecular formula is C22H33IN6. The number of halogens is 1. The maximum atomic E-state index is 4.55. The Hall–Kier alpha value is -1.61. The highest BCUT2D eigenvalue weighted by Crippen LogP contribution is 2.31. The summed E-state index contributed by atoms with van der Waals surface area (Å²) in [6.45, 7) is 6.28. The van der Waals surface area contributed by atoms with E-state index < -0.39 is 0 Å². The average Bonchev–Trinajstić information content (AvgIpc) is 3.25. The van der Waals surface area contributed by atoms with Crippen molar-refractivity contribution in [1.29, 1.82) is 0 Å². The number of imidazole rings is 1. The minimum Gasteiger partial charge on any atom is -0.354 e. The molecule has 3 heterocycles. The highest BCUT2D eigenvalue weighted by molar-refractivity contribution is 14.0. The Labute approximate surface area is 191 Å². The van der Waals surface area contributed by atoms with Gasteiger partial charge < -0.3 is 14.8 Å². The normalized spacial score (nSPS) is 22.7. The second-order valence-electron chi connectivity index (χ2n) is 7.93. The highest BCUT2D eigenvalue weighted by Gasteiger charge is 2.36. The number of hydrogen-bond donors (Lipinski definition) is 1. The Morgan fingerprint density at radius 3 is 2.83 bits per heavy atom. The van der Waals surface area contributed by atoms with E-state index in [0.717, 1.165) is 44.6 Å². The second kappa shape index (κ2) is 11.0. The van der Waals surface area contributed by atoms with Crippen LogP contribution < -0.4 is 5.32 Å². The van der Waals surface area contributed by atoms with E-state index in [1.807, 2.05) is 25.8 Å². The molecule has 0 aliphatic carbocycles. The van der Waals surface area contributed by atoms with Crippen LogP contribution in [0.3, 0.4) is 0 Å². The third-order valence-electron chi connectivity index (χ3n) is 6.14. The summed E-state index contributed by atoms with van der Waals surface area (Å²) in [5.41, 5.74) is 1.43. The first-order valence-corrected chi connectivity index (χ1v) is 10.5. The van der Waals surface area contributed by atoms with Gasteiger partial charge in [-0.25, -0.2) is 4.98 Å². The molecule has 2 aliphatic heterocycles. The Bertz CT molecular complexity index is 748. The van der Waals surface area contributed by atoms with Crippen LogP contribution in [0.15, 0.2) is 54.0 Å². The standard InChI is InChI=1S/C22H32N6.HI/c1-23-22(25-11-15-26-14-10-24-18-26)28-13-9-21-20(17-28)8-5-12-27(21)16-19-6-3-2-4-7-19;/h2-4,6-7,10,14,18,20-21H,5,8-9,11-13,15-17H2,1H3,(H,23,25);1H. The molecule has 2 aliphatic rings. The average molecular weight is 508 g/mol. The van der Waals surface area contributed by atoms with Gasteiger partial charge in [0.2, 0.25) is 0 Å². The van der Waals surface area contributed by atoms with Crippen LogP contribution in [0.4, 0.5) is 0 Å². The van der Waals surface area contributed by atoms with E-state index >= 15 is 0 Å². The van der Waals surface area contributed by atoms with E-state index in [1.165, 1.54) is 31.4 Å². The van der Waals surface area contributed by atoms with Gasteiger partial charge in [-0.05, 0) is 37.3 Å². The van der Waals surface area contributed by atoms with Gasteiger partial charge in [-0.3, -0.25) is 9.89 Å². The fourth-order valence-corrected chi connectivity index (χ4v) is 4.76. The molecule has 2 fully saturated rings. The zero-order valence-electron chi connectivity index (χ0n) is 17.3. The van der Waals surface area contributed by atoms with Crippen molar-refractivity contribution in [2.75, 3.05) is 33.2 Å². The first-order chi connectivity index (χ1) is 13.8. The van der Waals surface area contributed by atoms with Crippen molar-refractivity contribution < 1.29 is 0 Å². The lowest BCUT2D eigenvalue weighted by Crippen LogP contribution is -2.56. The number of likely N-dealkylation sites (tertiary alicyclic amines) is 2. The lowest BCUT2D eigenvalue weighted by atomic mass is 9.83. The summed E-state index contributed by atoms with van der Waals surface area (Å²) in [7, 11) is 1.90. The molecule has 0 amide bonds. The molecule has 0 saturated carbocycles. The Kier molecular flexibility index (Phi) is 8.35. The van der Waals surface area contributed by atoms with Crippen LogP contribution in [0, 0.1) is 5.92 Å². The second-order valence-corrected chi connectivity index (χ2v) is 7.93. The van der Waals surface area contributed by atoms with Crippen LogP contribution >= 0.6 is 24.0 Å². The molecule has 0 radical (unpaired) electrons. The van der Waals surface area contributed by atoms with E-state index in [0.29, 0.717) is 6.04 Å². The number of piperidine rings is 2. The summed E-state index contributed by atoms with van der Waals surface area (Å²) >= 11 is 0. The Morgan fingerprint density at radius 1 is 1.21 bits per heavy atom. The number of benzene rings is 1. The number of fused-ring (bicyclic) bond motifs is 1. The summed E-state index contributed by atoms with van der Waals surface area (Å²) in [5, 5.41) is 3.54. The molecule has 2 saturated heterocycles. The molecular weight excluding hydrogens is 475 g/mol. The first kappa shape index (κ1) is 22.1. The Morgan fingerprint density at radius 2 is 2.07 bits per heavy atom. The smallest absolute Gasteiger partial charge is 0.193 e. The summed E-state index contributed by atoms with van der Waals surface area (Å²) in [6.07, 6.45) is 9.54. The summed E-state index contributed by atoms with van der Waals surface area (Å²) in [4.78, 5) is 13.8. The molecule has 0 bridgehead atoms. The summed E-state index contributed by atoms with van der Waals surface area (Å²) < 4.78 is 2.09. The van der Waals surface area contributed by atoms with Gasteiger partial charge in [-0.1, -0.05) is 30.3 Å². The predicted molar refractivity (Wildman–Crippen MR) is 129 cm³/mol. The molecule has 158 valence electrons. The maximum Gasteiger partial charge on any atom is 0.193 e. The van der Waals surface area contributed by atoms with Crippen LogP contribution in [0.2, 0.25) is 0 Å². The van der Waals surface area contributed by atoms with Gasteiger partial charge in [0.1, 0.15) is 0 Å². The van der Waals surface area contributed by atoms with Crippen molar-refractivity contribution in [1.82, 2.24) is 24.7 Å². The SMILES string of the molecule is CN=C(NCCn1ccnc1)N1CCC2C(CCCN2Cc2ccccc2)C1.I. The third-order valence-corrected chi connectivity index (χ3v) is 6.14. The van der Waals surface area contributed by atoms with Crippen LogP contribution in [-0.2, 0) is 13.1 Å². The van der Waals surface area contributed by atoms with Crippen molar-refractivity contribution in [3.8, 4) is 0 Å². The zero-order valence-corrected chi connectivity index (χ0v) is 19.6. The number of aliphatic imine (C=N–C) groups is 1. The molecule has 1 aromatic carbocycles. The first-order valence-electron chi connectivity index (χ1n) is 10.5. The largest absolute Gasteiger partial charge is 0.354 e. The lowest BCUT2D eigenvalue weighted by Gasteiger charge is -2.48. The molecule has 1 N–H and O–H groups in total. The van der Waals surface area contributed by atoms with Crippen molar-refractivity contribution in [3.05, 3.63) is 54.6 Å². The fraction of sp³-hybridized carbons (Fsp3) is 0.545. The van der Waals surface area contributed by atoms with E-state index in [1.54, 1.807) is 0 Å². The quantitative estimate of drug-likeness (QED) is 0.383. The van der Waals surface area contributed by atoms with E-state index in [2.05, 4.69) is 60.0 Å². The molecule has 4 rings (SSSR count). The van der Waals surface area contributed by atoms with E-state index in [9.17, 15) is 0 Å². The monoisotopic (exact) mass is 508 g/mol. The zero-order chi connectivity index (χ0) is 19.2. The van der Waals surface area contributed by atoms with Crippen LogP contribution in [0.1, 0.15) is 24.8 Å². The number of nitrogens with zero attached hydrogens (tertiary/aromatic N) is 5. The van der Waals surface area contributed by atoms with Gasteiger partial charge in [0.25, 0.3) is 0 Å². The third kappa shape index (κ3) is 5.72. The van der Waals surface area contributed by atoms with E-state index in [4.69, 9.17) is 0 Å². The number of aromatic nitrogens is 2. The molecule has 2 aromatic rings. The number of guanidine groups is 1. The van der Waals surface area contributed by atoms with Crippen LogP contribution in [-0.4, -0.2) is 64.6 Å². The minimum atomic E-state index is 0. The van der Waals surface area contributed by atoms with Crippen molar-refractivity contribution in [2.24, 2.45) is 10.9 Å². The molecule has 6 nitrogen and oxygen atoms in total.